The molecule has 0 aliphatic carbocycles. The second kappa shape index (κ2) is 6.83. The van der Waals surface area contributed by atoms with E-state index in [0.29, 0.717) is 11.8 Å². The topological polar surface area (TPSA) is 6.48 Å². The Kier molecular flexibility index (Phi) is 4.72. The number of nitrogens with zero attached hydrogens (tertiary/aromatic N) is 2. The third-order valence-corrected chi connectivity index (χ3v) is 7.14. The van der Waals surface area contributed by atoms with Gasteiger partial charge in [0.15, 0.2) is 0 Å². The van der Waals surface area contributed by atoms with Gasteiger partial charge >= 0.3 is 0 Å². The van der Waals surface area contributed by atoms with Crippen molar-refractivity contribution in [2.24, 2.45) is 0 Å². The molecule has 2 aliphatic heterocycles. The highest BCUT2D eigenvalue weighted by Crippen LogP contribution is 2.45. The molecule has 2 atom stereocenters. The Morgan fingerprint density at radius 2 is 1.04 bits per heavy atom. The maximum absolute atomic E-state index is 2.67. The molecule has 0 aromatic heterocycles. The lowest BCUT2D eigenvalue weighted by atomic mass is 9.79. The van der Waals surface area contributed by atoms with Gasteiger partial charge in [0.1, 0.15) is 0 Å². The van der Waals surface area contributed by atoms with Crippen molar-refractivity contribution in [3.63, 3.8) is 0 Å². The van der Waals surface area contributed by atoms with Gasteiger partial charge in [0.05, 0.1) is 0 Å². The first-order valence-corrected chi connectivity index (χ1v) is 10.9. The van der Waals surface area contributed by atoms with Gasteiger partial charge in [-0.2, -0.15) is 0 Å². The van der Waals surface area contributed by atoms with Crippen LogP contribution in [0.5, 0.6) is 0 Å². The molecule has 2 aromatic rings. The minimum atomic E-state index is 0.181. The second-order valence-electron chi connectivity index (χ2n) is 10.3. The van der Waals surface area contributed by atoms with Crippen LogP contribution in [0.1, 0.15) is 77.3 Å². The van der Waals surface area contributed by atoms with E-state index in [9.17, 15) is 0 Å². The Balaban J connectivity index is 1.65. The molecule has 2 unspecified atom stereocenters. The smallest absolute Gasteiger partial charge is 0.0406 e. The summed E-state index contributed by atoms with van der Waals surface area (Å²) >= 11 is 0. The summed E-state index contributed by atoms with van der Waals surface area (Å²) in [5.74, 6) is 1.24. The summed E-state index contributed by atoms with van der Waals surface area (Å²) in [7, 11) is 0. The molecule has 2 heterocycles. The van der Waals surface area contributed by atoms with Crippen LogP contribution in [0.15, 0.2) is 48.5 Å². The van der Waals surface area contributed by atoms with Gasteiger partial charge in [-0.3, -0.25) is 0 Å². The van der Waals surface area contributed by atoms with Gasteiger partial charge in [0.25, 0.3) is 0 Å². The number of hydrogen-bond donors (Lipinski definition) is 0. The zero-order valence-electron chi connectivity index (χ0n) is 18.5. The van der Waals surface area contributed by atoms with Crippen molar-refractivity contribution in [2.45, 2.75) is 77.3 Å². The van der Waals surface area contributed by atoms with Crippen LogP contribution in [0.25, 0.3) is 0 Å². The number of rotatable bonds is 3. The van der Waals surface area contributed by atoms with E-state index >= 15 is 0 Å². The Morgan fingerprint density at radius 1 is 0.679 bits per heavy atom. The summed E-state index contributed by atoms with van der Waals surface area (Å²) < 4.78 is 0. The zero-order valence-corrected chi connectivity index (χ0v) is 18.5. The monoisotopic (exact) mass is 376 g/mol. The molecule has 2 heteroatoms. The lowest BCUT2D eigenvalue weighted by molar-refractivity contribution is 0.352. The molecule has 0 amide bonds. The molecule has 0 N–H and O–H groups in total. The zero-order chi connectivity index (χ0) is 20.1. The Bertz CT molecular complexity index is 780. The first-order chi connectivity index (χ1) is 13.2. The Morgan fingerprint density at radius 3 is 1.43 bits per heavy atom. The fraction of sp³-hybridized carbons (Fsp3) is 0.538. The predicted octanol–water partition coefficient (Wildman–Crippen LogP) is 6.57. The molecule has 0 saturated heterocycles. The van der Waals surface area contributed by atoms with Crippen LogP contribution in [0.4, 0.5) is 11.4 Å². The van der Waals surface area contributed by atoms with Gasteiger partial charge in [-0.25, -0.2) is 0 Å². The van der Waals surface area contributed by atoms with E-state index in [0.717, 1.165) is 13.1 Å². The van der Waals surface area contributed by atoms with Crippen molar-refractivity contribution in [2.75, 3.05) is 22.9 Å². The van der Waals surface area contributed by atoms with Crippen molar-refractivity contribution in [3.8, 4) is 0 Å². The van der Waals surface area contributed by atoms with E-state index in [-0.39, 0.29) is 11.1 Å². The predicted molar refractivity (Wildman–Crippen MR) is 122 cm³/mol. The lowest BCUT2D eigenvalue weighted by Crippen LogP contribution is -2.55. The number of para-hydroxylation sites is 2. The molecular formula is C26H36N2. The molecule has 2 aliphatic rings. The highest BCUT2D eigenvalue weighted by atomic mass is 15.3. The van der Waals surface area contributed by atoms with E-state index < -0.39 is 0 Å². The van der Waals surface area contributed by atoms with Crippen molar-refractivity contribution >= 4 is 11.4 Å². The average Bonchev–Trinajstić information content (AvgIpc) is 2.63. The van der Waals surface area contributed by atoms with Crippen LogP contribution in [-0.4, -0.2) is 24.2 Å². The molecule has 150 valence electrons. The first kappa shape index (κ1) is 19.4. The number of fused-ring (bicyclic) bond motifs is 2. The molecule has 2 aromatic carbocycles. The normalized spacial score (nSPS) is 25.2. The van der Waals surface area contributed by atoms with Crippen LogP contribution < -0.4 is 9.80 Å². The number of benzene rings is 2. The lowest BCUT2D eigenvalue weighted by Gasteiger charge is -2.51. The molecule has 0 bridgehead atoms. The molecule has 4 rings (SSSR count). The Hall–Kier alpha value is -1.96. The highest BCUT2D eigenvalue weighted by Gasteiger charge is 2.39. The van der Waals surface area contributed by atoms with Gasteiger partial charge in [0.2, 0.25) is 0 Å². The van der Waals surface area contributed by atoms with Crippen LogP contribution >= 0.6 is 0 Å². The van der Waals surface area contributed by atoms with E-state index in [4.69, 9.17) is 0 Å². The molecular weight excluding hydrogens is 340 g/mol. The first-order valence-electron chi connectivity index (χ1n) is 10.9. The number of hydrogen-bond acceptors (Lipinski definition) is 2. The maximum Gasteiger partial charge on any atom is 0.0406 e. The maximum atomic E-state index is 2.67. The van der Waals surface area contributed by atoms with Crippen LogP contribution in [0.2, 0.25) is 0 Å². The van der Waals surface area contributed by atoms with Crippen molar-refractivity contribution in [1.29, 1.82) is 0 Å². The quantitative estimate of drug-likeness (QED) is 0.597. The van der Waals surface area contributed by atoms with E-state index in [1.54, 1.807) is 0 Å². The third kappa shape index (κ3) is 3.21. The highest BCUT2D eigenvalue weighted by molar-refractivity contribution is 5.62. The Labute approximate surface area is 171 Å². The van der Waals surface area contributed by atoms with Crippen molar-refractivity contribution in [3.05, 3.63) is 59.7 Å². The van der Waals surface area contributed by atoms with E-state index in [1.807, 2.05) is 0 Å². The summed E-state index contributed by atoms with van der Waals surface area (Å²) in [6.07, 6.45) is 2.42. The summed E-state index contributed by atoms with van der Waals surface area (Å²) in [6, 6.07) is 18.1. The third-order valence-electron chi connectivity index (χ3n) is 7.14. The van der Waals surface area contributed by atoms with E-state index in [2.05, 4.69) is 99.9 Å². The van der Waals surface area contributed by atoms with Crippen LogP contribution in [0.3, 0.4) is 0 Å². The van der Waals surface area contributed by atoms with Gasteiger partial charge in [-0.15, -0.1) is 0 Å². The molecule has 2 nitrogen and oxygen atoms in total. The van der Waals surface area contributed by atoms with Gasteiger partial charge < -0.3 is 9.80 Å². The molecule has 28 heavy (non-hydrogen) atoms. The second-order valence-corrected chi connectivity index (χ2v) is 10.3. The fourth-order valence-corrected chi connectivity index (χ4v) is 5.94. The number of anilines is 2. The molecule has 0 spiro atoms. The minimum absolute atomic E-state index is 0.181. The standard InChI is InChI=1S/C26H36N2/c1-19-17-25(3,4)27(23-13-9-7-11-21(19)23)15-16-28-24-14-10-8-12-22(24)20(2)18-26(28,5)6/h7-14,19-20H,15-18H2,1-6H3. The molecule has 0 saturated carbocycles. The van der Waals surface area contributed by atoms with Crippen molar-refractivity contribution < 1.29 is 0 Å². The fourth-order valence-electron chi connectivity index (χ4n) is 5.94. The summed E-state index contributed by atoms with van der Waals surface area (Å²) in [5, 5.41) is 0. The molecule has 0 radical (unpaired) electrons. The average molecular weight is 377 g/mol. The summed E-state index contributed by atoms with van der Waals surface area (Å²) in [5.41, 5.74) is 6.24. The van der Waals surface area contributed by atoms with Gasteiger partial charge in [-0.1, -0.05) is 50.2 Å². The minimum Gasteiger partial charge on any atom is -0.364 e. The SMILES string of the molecule is CC1CC(C)(C)N(CCN2c3ccccc3C(C)CC2(C)C)c2ccccc21. The summed E-state index contributed by atoms with van der Waals surface area (Å²) in [6.45, 7) is 16.5. The van der Waals surface area contributed by atoms with Gasteiger partial charge in [-0.05, 0) is 75.6 Å². The van der Waals surface area contributed by atoms with Crippen LogP contribution in [0, 0.1) is 0 Å². The van der Waals surface area contributed by atoms with E-state index in [1.165, 1.54) is 35.3 Å². The molecule has 0 fully saturated rings. The van der Waals surface area contributed by atoms with Gasteiger partial charge in [0, 0.05) is 35.5 Å². The van der Waals surface area contributed by atoms with Crippen LogP contribution in [-0.2, 0) is 0 Å². The van der Waals surface area contributed by atoms with Crippen molar-refractivity contribution in [1.82, 2.24) is 0 Å². The summed E-state index contributed by atoms with van der Waals surface area (Å²) in [4.78, 5) is 5.33. The largest absolute Gasteiger partial charge is 0.364 e.